The summed E-state index contributed by atoms with van der Waals surface area (Å²) in [4.78, 5) is 14.3. The van der Waals surface area contributed by atoms with E-state index in [4.69, 9.17) is 5.73 Å². The van der Waals surface area contributed by atoms with Crippen molar-refractivity contribution in [1.29, 1.82) is 0 Å². The van der Waals surface area contributed by atoms with E-state index in [0.717, 1.165) is 13.1 Å². The molecule has 3 heteroatoms. The van der Waals surface area contributed by atoms with Crippen LogP contribution in [0.5, 0.6) is 0 Å². The van der Waals surface area contributed by atoms with E-state index >= 15 is 0 Å². The number of rotatable bonds is 5. The zero-order chi connectivity index (χ0) is 13.8. The molecule has 1 atom stereocenters. The molecule has 0 bridgehead atoms. The van der Waals surface area contributed by atoms with Crippen LogP contribution in [0.1, 0.15) is 48.5 Å². The molecule has 102 valence electrons. The van der Waals surface area contributed by atoms with Crippen LogP contribution in [0.2, 0.25) is 0 Å². The number of nitrogens with zero attached hydrogens (tertiary/aromatic N) is 1. The van der Waals surface area contributed by atoms with Crippen molar-refractivity contribution in [2.24, 2.45) is 23.0 Å². The molecule has 0 saturated carbocycles. The van der Waals surface area contributed by atoms with E-state index in [-0.39, 0.29) is 11.3 Å². The number of hydrogen-bond donors (Lipinski definition) is 1. The Balaban J connectivity index is 4.74. The van der Waals surface area contributed by atoms with Crippen molar-refractivity contribution >= 4 is 5.91 Å². The van der Waals surface area contributed by atoms with Gasteiger partial charge in [0.05, 0.1) is 6.04 Å². The van der Waals surface area contributed by atoms with E-state index in [0.29, 0.717) is 11.8 Å². The molecule has 3 nitrogen and oxygen atoms in total. The average molecular weight is 242 g/mol. The maximum Gasteiger partial charge on any atom is 0.240 e. The van der Waals surface area contributed by atoms with Gasteiger partial charge >= 0.3 is 0 Å². The normalized spacial score (nSPS) is 14.2. The first-order valence-electron chi connectivity index (χ1n) is 6.60. The second kappa shape index (κ2) is 6.39. The van der Waals surface area contributed by atoms with E-state index in [1.165, 1.54) is 0 Å². The Kier molecular flexibility index (Phi) is 6.17. The van der Waals surface area contributed by atoms with E-state index in [1.54, 1.807) is 0 Å². The zero-order valence-electron chi connectivity index (χ0n) is 12.6. The zero-order valence-corrected chi connectivity index (χ0v) is 12.6. The van der Waals surface area contributed by atoms with Crippen LogP contribution in [0.25, 0.3) is 0 Å². The van der Waals surface area contributed by atoms with Gasteiger partial charge < -0.3 is 10.6 Å². The predicted molar refractivity (Wildman–Crippen MR) is 73.7 cm³/mol. The Hall–Kier alpha value is -0.570. The summed E-state index contributed by atoms with van der Waals surface area (Å²) >= 11 is 0. The van der Waals surface area contributed by atoms with Crippen LogP contribution in [-0.4, -0.2) is 29.9 Å². The van der Waals surface area contributed by atoms with Gasteiger partial charge in [0.2, 0.25) is 5.91 Å². The molecule has 0 aliphatic rings. The molecule has 0 saturated heterocycles. The highest BCUT2D eigenvalue weighted by Crippen LogP contribution is 2.20. The lowest BCUT2D eigenvalue weighted by Crippen LogP contribution is -2.52. The van der Waals surface area contributed by atoms with Crippen LogP contribution in [0.3, 0.4) is 0 Å². The van der Waals surface area contributed by atoms with Crippen LogP contribution < -0.4 is 5.73 Å². The summed E-state index contributed by atoms with van der Waals surface area (Å²) in [5, 5.41) is 0. The second-order valence-corrected chi connectivity index (χ2v) is 6.87. The molecule has 0 fully saturated rings. The van der Waals surface area contributed by atoms with Crippen LogP contribution >= 0.6 is 0 Å². The van der Waals surface area contributed by atoms with Crippen molar-refractivity contribution in [3.63, 3.8) is 0 Å². The molecule has 0 aromatic rings. The van der Waals surface area contributed by atoms with Gasteiger partial charge in [-0.15, -0.1) is 0 Å². The number of carbonyl (C=O) groups is 1. The van der Waals surface area contributed by atoms with Crippen molar-refractivity contribution in [3.8, 4) is 0 Å². The fourth-order valence-corrected chi connectivity index (χ4v) is 1.70. The highest BCUT2D eigenvalue weighted by molar-refractivity contribution is 5.82. The Labute approximate surface area is 107 Å². The van der Waals surface area contributed by atoms with E-state index in [9.17, 15) is 4.79 Å². The van der Waals surface area contributed by atoms with Crippen molar-refractivity contribution < 1.29 is 4.79 Å². The highest BCUT2D eigenvalue weighted by Gasteiger charge is 2.31. The Morgan fingerprint density at radius 2 is 1.41 bits per heavy atom. The van der Waals surface area contributed by atoms with Gasteiger partial charge in [0.1, 0.15) is 0 Å². The maximum atomic E-state index is 12.4. The predicted octanol–water partition coefficient (Wildman–Crippen LogP) is 2.50. The van der Waals surface area contributed by atoms with Crippen molar-refractivity contribution in [3.05, 3.63) is 0 Å². The lowest BCUT2D eigenvalue weighted by Gasteiger charge is -2.34. The second-order valence-electron chi connectivity index (χ2n) is 6.87. The number of hydrogen-bond acceptors (Lipinski definition) is 2. The molecular weight excluding hydrogens is 212 g/mol. The molecule has 0 heterocycles. The van der Waals surface area contributed by atoms with Gasteiger partial charge in [0.25, 0.3) is 0 Å². The highest BCUT2D eigenvalue weighted by atomic mass is 16.2. The van der Waals surface area contributed by atoms with Crippen molar-refractivity contribution in [2.75, 3.05) is 13.1 Å². The maximum absolute atomic E-state index is 12.4. The van der Waals surface area contributed by atoms with Gasteiger partial charge in [-0.05, 0) is 17.3 Å². The number of amides is 1. The minimum absolute atomic E-state index is 0.0832. The first-order valence-corrected chi connectivity index (χ1v) is 6.60. The van der Waals surface area contributed by atoms with Gasteiger partial charge in [-0.2, -0.15) is 0 Å². The van der Waals surface area contributed by atoms with Crippen molar-refractivity contribution in [2.45, 2.75) is 54.5 Å². The fraction of sp³-hybridized carbons (Fsp3) is 0.929. The fourth-order valence-electron chi connectivity index (χ4n) is 1.70. The summed E-state index contributed by atoms with van der Waals surface area (Å²) in [6.45, 7) is 16.1. The molecule has 0 aromatic carbocycles. The minimum atomic E-state index is -0.417. The molecule has 17 heavy (non-hydrogen) atoms. The topological polar surface area (TPSA) is 46.3 Å². The van der Waals surface area contributed by atoms with Gasteiger partial charge in [0, 0.05) is 13.1 Å². The van der Waals surface area contributed by atoms with Crippen LogP contribution in [-0.2, 0) is 4.79 Å². The van der Waals surface area contributed by atoms with Crippen LogP contribution in [0, 0.1) is 17.3 Å². The largest absolute Gasteiger partial charge is 0.341 e. The smallest absolute Gasteiger partial charge is 0.240 e. The lowest BCUT2D eigenvalue weighted by atomic mass is 9.86. The molecule has 0 spiro atoms. The SMILES string of the molecule is CC(C)CN(CC(C)C)C(=O)[C@H](N)C(C)(C)C. The quantitative estimate of drug-likeness (QED) is 0.805. The summed E-state index contributed by atoms with van der Waals surface area (Å²) in [6, 6.07) is -0.417. The minimum Gasteiger partial charge on any atom is -0.341 e. The molecule has 0 radical (unpaired) electrons. The summed E-state index contributed by atoms with van der Waals surface area (Å²) in [5.74, 6) is 1.04. The molecule has 0 aliphatic carbocycles. The van der Waals surface area contributed by atoms with E-state index < -0.39 is 6.04 Å². The Bertz CT molecular complexity index is 231. The monoisotopic (exact) mass is 242 g/mol. The number of carbonyl (C=O) groups excluding carboxylic acids is 1. The van der Waals surface area contributed by atoms with E-state index in [1.807, 2.05) is 25.7 Å². The standard InChI is InChI=1S/C14H30N2O/c1-10(2)8-16(9-11(3)4)13(17)12(15)14(5,6)7/h10-12H,8-9,15H2,1-7H3/t12-/m0/s1. The van der Waals surface area contributed by atoms with E-state index in [2.05, 4.69) is 27.7 Å². The molecule has 2 N–H and O–H groups in total. The van der Waals surface area contributed by atoms with Crippen molar-refractivity contribution in [1.82, 2.24) is 4.90 Å². The van der Waals surface area contributed by atoms with Crippen LogP contribution in [0.15, 0.2) is 0 Å². The third kappa shape index (κ3) is 6.06. The summed E-state index contributed by atoms with van der Waals surface area (Å²) in [7, 11) is 0. The first kappa shape index (κ1) is 16.4. The van der Waals surface area contributed by atoms with Crippen LogP contribution in [0.4, 0.5) is 0 Å². The summed E-state index contributed by atoms with van der Waals surface area (Å²) in [5.41, 5.74) is 5.88. The molecule has 0 aromatic heterocycles. The van der Waals surface area contributed by atoms with Gasteiger partial charge in [0.15, 0.2) is 0 Å². The third-order valence-electron chi connectivity index (χ3n) is 2.68. The summed E-state index contributed by atoms with van der Waals surface area (Å²) < 4.78 is 0. The summed E-state index contributed by atoms with van der Waals surface area (Å²) in [6.07, 6.45) is 0. The first-order chi connectivity index (χ1) is 7.55. The Morgan fingerprint density at radius 3 is 1.65 bits per heavy atom. The van der Waals surface area contributed by atoms with Gasteiger partial charge in [-0.25, -0.2) is 0 Å². The molecular formula is C14H30N2O. The molecule has 0 unspecified atom stereocenters. The molecule has 0 aliphatic heterocycles. The van der Waals surface area contributed by atoms with Gasteiger partial charge in [-0.1, -0.05) is 48.5 Å². The average Bonchev–Trinajstić information content (AvgIpc) is 2.11. The van der Waals surface area contributed by atoms with Gasteiger partial charge in [-0.3, -0.25) is 4.79 Å². The number of nitrogens with two attached hydrogens (primary N) is 1. The Morgan fingerprint density at radius 1 is 1.06 bits per heavy atom. The molecule has 1 amide bonds. The third-order valence-corrected chi connectivity index (χ3v) is 2.68. The lowest BCUT2D eigenvalue weighted by molar-refractivity contribution is -0.136. The molecule has 0 rings (SSSR count).